The Balaban J connectivity index is 2.23. The molecule has 146 valence electrons. The minimum Gasteiger partial charge on any atom is -0.481 e. The fraction of sp³-hybridized carbons (Fsp3) is 0.353. The molecule has 7 nitrogen and oxygen atoms in total. The maximum absolute atomic E-state index is 13.5. The van der Waals surface area contributed by atoms with Crippen LogP contribution in [0, 0.1) is 0 Å². The van der Waals surface area contributed by atoms with Gasteiger partial charge in [-0.05, 0) is 32.4 Å². The fourth-order valence-corrected chi connectivity index (χ4v) is 2.42. The molecule has 0 saturated heterocycles. The first-order valence-corrected chi connectivity index (χ1v) is 8.01. The lowest BCUT2D eigenvalue weighted by Crippen LogP contribution is -2.46. The number of carboxylic acid groups (broad SMARTS) is 1. The second-order valence-electron chi connectivity index (χ2n) is 6.51. The lowest BCUT2D eigenvalue weighted by molar-refractivity contribution is -0.142. The monoisotopic (exact) mass is 384 g/mol. The molecule has 0 aliphatic carbocycles. The number of aliphatic carboxylic acids is 1. The van der Waals surface area contributed by atoms with E-state index in [0.717, 1.165) is 6.20 Å². The lowest BCUT2D eigenvalue weighted by Gasteiger charge is -2.25. The minimum absolute atomic E-state index is 0.116. The van der Waals surface area contributed by atoms with Crippen molar-refractivity contribution in [3.8, 4) is 5.69 Å². The van der Waals surface area contributed by atoms with Crippen molar-refractivity contribution in [2.75, 3.05) is 5.32 Å². The molecule has 1 aromatic carbocycles. The van der Waals surface area contributed by atoms with Gasteiger partial charge in [0, 0.05) is 12.0 Å². The number of carbonyl (C=O) groups excluding carboxylic acids is 1. The van der Waals surface area contributed by atoms with Crippen molar-refractivity contribution in [1.29, 1.82) is 0 Å². The Bertz CT molecular complexity index is 817. The quantitative estimate of drug-likeness (QED) is 0.708. The molecule has 2 rings (SSSR count). The molecule has 0 aliphatic rings. The third-order valence-electron chi connectivity index (χ3n) is 3.70. The maximum Gasteiger partial charge on any atom is 0.435 e. The maximum atomic E-state index is 13.5. The molecule has 0 fully saturated rings. The van der Waals surface area contributed by atoms with Gasteiger partial charge in [0.15, 0.2) is 5.69 Å². The second-order valence-corrected chi connectivity index (χ2v) is 6.51. The molecule has 0 bridgehead atoms. The third kappa shape index (κ3) is 5.47. The molecule has 3 N–H and O–H groups in total. The van der Waals surface area contributed by atoms with Crippen LogP contribution in [0.25, 0.3) is 5.69 Å². The number of halogens is 3. The van der Waals surface area contributed by atoms with Crippen LogP contribution in [-0.2, 0) is 11.0 Å². The summed E-state index contributed by atoms with van der Waals surface area (Å²) in [6, 6.07) is 6.83. The van der Waals surface area contributed by atoms with E-state index in [9.17, 15) is 22.8 Å². The van der Waals surface area contributed by atoms with Crippen LogP contribution in [0.1, 0.15) is 32.4 Å². The summed E-state index contributed by atoms with van der Waals surface area (Å²) in [4.78, 5) is 22.8. The third-order valence-corrected chi connectivity index (χ3v) is 3.70. The van der Waals surface area contributed by atoms with Gasteiger partial charge in [0.1, 0.15) is 0 Å². The molecule has 2 aromatic rings. The van der Waals surface area contributed by atoms with Crippen molar-refractivity contribution in [2.45, 2.75) is 38.4 Å². The Morgan fingerprint density at radius 3 is 2.37 bits per heavy atom. The zero-order valence-electron chi connectivity index (χ0n) is 14.7. The number of rotatable bonds is 6. The van der Waals surface area contributed by atoms with Crippen LogP contribution in [0.4, 0.5) is 23.7 Å². The summed E-state index contributed by atoms with van der Waals surface area (Å²) >= 11 is 0. The highest BCUT2D eigenvalue weighted by molar-refractivity contribution is 5.90. The molecule has 0 spiro atoms. The van der Waals surface area contributed by atoms with E-state index >= 15 is 0 Å². The Morgan fingerprint density at radius 1 is 1.19 bits per heavy atom. The number of hydrogen-bond donors (Lipinski definition) is 3. The van der Waals surface area contributed by atoms with Gasteiger partial charge in [-0.2, -0.15) is 18.3 Å². The van der Waals surface area contributed by atoms with Gasteiger partial charge in [0.05, 0.1) is 17.6 Å². The van der Waals surface area contributed by atoms with Crippen LogP contribution in [0.15, 0.2) is 36.5 Å². The number of nitrogens with one attached hydrogen (secondary N) is 2. The summed E-state index contributed by atoms with van der Waals surface area (Å²) in [5.41, 5.74) is -2.35. The number of para-hydroxylation sites is 1. The van der Waals surface area contributed by atoms with E-state index in [-0.39, 0.29) is 18.5 Å². The molecule has 0 aliphatic heterocycles. The minimum atomic E-state index is -4.76. The molecule has 2 amide bonds. The number of aromatic nitrogens is 2. The van der Waals surface area contributed by atoms with Crippen LogP contribution in [-0.4, -0.2) is 32.4 Å². The first kappa shape index (κ1) is 20.3. The average Bonchev–Trinajstić information content (AvgIpc) is 2.97. The van der Waals surface area contributed by atoms with Crippen LogP contribution in [0.3, 0.4) is 0 Å². The van der Waals surface area contributed by atoms with E-state index in [1.807, 2.05) is 0 Å². The Labute approximate surface area is 153 Å². The van der Waals surface area contributed by atoms with E-state index in [1.165, 1.54) is 12.1 Å². The van der Waals surface area contributed by atoms with Crippen molar-refractivity contribution in [2.24, 2.45) is 0 Å². The van der Waals surface area contributed by atoms with Gasteiger partial charge in [-0.15, -0.1) is 0 Å². The molecule has 27 heavy (non-hydrogen) atoms. The van der Waals surface area contributed by atoms with Gasteiger partial charge in [0.2, 0.25) is 0 Å². The zero-order chi connectivity index (χ0) is 20.2. The van der Waals surface area contributed by atoms with Crippen LogP contribution < -0.4 is 10.6 Å². The molecule has 1 heterocycles. The summed E-state index contributed by atoms with van der Waals surface area (Å²) < 4.78 is 41.3. The van der Waals surface area contributed by atoms with E-state index < -0.39 is 35.1 Å². The van der Waals surface area contributed by atoms with Crippen molar-refractivity contribution >= 4 is 17.7 Å². The average molecular weight is 384 g/mol. The molecule has 10 heteroatoms. The van der Waals surface area contributed by atoms with E-state index in [4.69, 9.17) is 5.11 Å². The first-order chi connectivity index (χ1) is 12.5. The number of benzene rings is 1. The largest absolute Gasteiger partial charge is 0.481 e. The van der Waals surface area contributed by atoms with Crippen molar-refractivity contribution in [3.05, 3.63) is 42.2 Å². The lowest BCUT2D eigenvalue weighted by atomic mass is 9.99. The Hall–Kier alpha value is -3.04. The van der Waals surface area contributed by atoms with E-state index in [2.05, 4.69) is 15.7 Å². The number of urea groups is 1. The number of nitrogens with zero attached hydrogens (tertiary/aromatic N) is 2. The van der Waals surface area contributed by atoms with Gasteiger partial charge in [0.25, 0.3) is 0 Å². The van der Waals surface area contributed by atoms with Crippen LogP contribution >= 0.6 is 0 Å². The first-order valence-electron chi connectivity index (χ1n) is 8.01. The van der Waals surface area contributed by atoms with Gasteiger partial charge >= 0.3 is 18.2 Å². The number of alkyl halides is 3. The number of amides is 2. The molecule has 0 unspecified atom stereocenters. The Morgan fingerprint density at radius 2 is 1.81 bits per heavy atom. The highest BCUT2D eigenvalue weighted by atomic mass is 19.4. The molecule has 0 atom stereocenters. The van der Waals surface area contributed by atoms with Gasteiger partial charge < -0.3 is 15.7 Å². The van der Waals surface area contributed by atoms with Crippen molar-refractivity contribution in [1.82, 2.24) is 15.1 Å². The normalized spacial score (nSPS) is 11.9. The molecular weight excluding hydrogens is 365 g/mol. The molecular formula is C17H19F3N4O3. The summed E-state index contributed by atoms with van der Waals surface area (Å²) in [6.45, 7) is 3.15. The predicted octanol–water partition coefficient (Wildman–Crippen LogP) is 3.66. The van der Waals surface area contributed by atoms with Crippen molar-refractivity contribution < 1.29 is 27.9 Å². The molecule has 1 aromatic heterocycles. The zero-order valence-corrected chi connectivity index (χ0v) is 14.7. The number of carbonyl (C=O) groups is 2. The van der Waals surface area contributed by atoms with E-state index in [0.29, 0.717) is 4.68 Å². The van der Waals surface area contributed by atoms with Gasteiger partial charge in [-0.1, -0.05) is 18.2 Å². The Kier molecular flexibility index (Phi) is 5.77. The highest BCUT2D eigenvalue weighted by Crippen LogP contribution is 2.36. The van der Waals surface area contributed by atoms with Gasteiger partial charge in [-0.3, -0.25) is 4.79 Å². The fourth-order valence-electron chi connectivity index (χ4n) is 2.42. The highest BCUT2D eigenvalue weighted by Gasteiger charge is 2.39. The summed E-state index contributed by atoms with van der Waals surface area (Å²) in [5.74, 6) is -1.03. The second kappa shape index (κ2) is 7.68. The predicted molar refractivity (Wildman–Crippen MR) is 91.7 cm³/mol. The van der Waals surface area contributed by atoms with Crippen molar-refractivity contribution in [3.63, 3.8) is 0 Å². The van der Waals surface area contributed by atoms with Gasteiger partial charge in [-0.25, -0.2) is 9.48 Å². The van der Waals surface area contributed by atoms with Crippen LogP contribution in [0.2, 0.25) is 0 Å². The summed E-state index contributed by atoms with van der Waals surface area (Å²) in [6.07, 6.45) is -3.91. The standard InChI is InChI=1S/C17H19F3N4O3/c1-16(2,9-8-13(25)26)23-15(27)22-12-10-21-24(14(12)17(18,19)20)11-6-4-3-5-7-11/h3-7,10H,8-9H2,1-2H3,(H,25,26)(H2,22,23,27). The molecule has 0 radical (unpaired) electrons. The molecule has 0 saturated carbocycles. The summed E-state index contributed by atoms with van der Waals surface area (Å²) in [5, 5.41) is 17.1. The number of carboxylic acids is 1. The van der Waals surface area contributed by atoms with E-state index in [1.54, 1.807) is 32.0 Å². The topological polar surface area (TPSA) is 96.2 Å². The summed E-state index contributed by atoms with van der Waals surface area (Å²) in [7, 11) is 0. The van der Waals surface area contributed by atoms with Crippen LogP contribution in [0.5, 0.6) is 0 Å². The SMILES string of the molecule is CC(C)(CCC(=O)O)NC(=O)Nc1cnn(-c2ccccc2)c1C(F)(F)F. The smallest absolute Gasteiger partial charge is 0.435 e. The number of hydrogen-bond acceptors (Lipinski definition) is 3. The number of anilines is 1.